The maximum atomic E-state index is 14.8. The number of aliphatic hydroxyl groups excluding tert-OH is 1. The Hall–Kier alpha value is -5.31. The van der Waals surface area contributed by atoms with Gasteiger partial charge in [-0.05, 0) is 74.0 Å². The van der Waals surface area contributed by atoms with Gasteiger partial charge in [-0.3, -0.25) is 19.2 Å². The predicted octanol–water partition coefficient (Wildman–Crippen LogP) is 2.53. The number of ether oxygens (including phenoxy) is 1. The molecule has 1 unspecified atom stereocenters. The third-order valence-electron chi connectivity index (χ3n) is 9.46. The first-order chi connectivity index (χ1) is 26.1. The number of nitrogens with zero attached hydrogens (tertiary/aromatic N) is 2. The number of pyridine rings is 2. The van der Waals surface area contributed by atoms with Gasteiger partial charge in [-0.25, -0.2) is 9.37 Å². The van der Waals surface area contributed by atoms with E-state index in [9.17, 15) is 33.5 Å². The van der Waals surface area contributed by atoms with Crippen LogP contribution in [0.25, 0.3) is 22.3 Å². The number of carbonyl (C=O) groups excluding carboxylic acids is 4. The molecular formula is C40H47FN6O7. The lowest BCUT2D eigenvalue weighted by atomic mass is 9.94. The first-order valence-corrected chi connectivity index (χ1v) is 18.2. The van der Waals surface area contributed by atoms with Crippen LogP contribution < -0.4 is 26.8 Å². The fraction of sp³-hybridized carbons (Fsp3) is 0.400. The van der Waals surface area contributed by atoms with Crippen LogP contribution in [0.5, 0.6) is 0 Å². The lowest BCUT2D eigenvalue weighted by Gasteiger charge is -2.18. The lowest BCUT2D eigenvalue weighted by Crippen LogP contribution is -2.51. The summed E-state index contributed by atoms with van der Waals surface area (Å²) < 4.78 is 22.0. The van der Waals surface area contributed by atoms with E-state index in [1.165, 1.54) is 6.07 Å². The van der Waals surface area contributed by atoms with Gasteiger partial charge in [0.15, 0.2) is 6.29 Å². The molecule has 0 radical (unpaired) electrons. The van der Waals surface area contributed by atoms with Crippen LogP contribution in [-0.2, 0) is 49.7 Å². The minimum Gasteiger partial charge on any atom is -0.381 e. The largest absolute Gasteiger partial charge is 0.381 e. The minimum absolute atomic E-state index is 0.0445. The number of amides is 3. The molecule has 2 aromatic heterocycles. The quantitative estimate of drug-likeness (QED) is 0.0483. The molecular weight excluding hydrogens is 695 g/mol. The Morgan fingerprint density at radius 1 is 1.04 bits per heavy atom. The summed E-state index contributed by atoms with van der Waals surface area (Å²) in [6.07, 6.45) is 2.17. The first kappa shape index (κ1) is 39.9. The van der Waals surface area contributed by atoms with E-state index in [0.29, 0.717) is 73.0 Å². The Bertz CT molecular complexity index is 2070. The van der Waals surface area contributed by atoms with Crippen molar-refractivity contribution < 1.29 is 33.4 Å². The molecule has 0 spiro atoms. The van der Waals surface area contributed by atoms with Gasteiger partial charge >= 0.3 is 0 Å². The van der Waals surface area contributed by atoms with Crippen LogP contribution in [0.3, 0.4) is 0 Å². The average molecular weight is 743 g/mol. The summed E-state index contributed by atoms with van der Waals surface area (Å²) in [6.45, 7) is 3.88. The zero-order valence-corrected chi connectivity index (χ0v) is 30.8. The number of likely N-dealkylation sites (N-methyl/N-ethyl adjacent to an activating group) is 1. The van der Waals surface area contributed by atoms with Crippen molar-refractivity contribution in [2.24, 2.45) is 0 Å². The van der Waals surface area contributed by atoms with Gasteiger partial charge in [0, 0.05) is 35.6 Å². The molecule has 54 heavy (non-hydrogen) atoms. The molecule has 5 rings (SSSR count). The minimum atomic E-state index is -1.45. The Morgan fingerprint density at radius 3 is 2.54 bits per heavy atom. The van der Waals surface area contributed by atoms with E-state index in [1.54, 1.807) is 30.7 Å². The van der Waals surface area contributed by atoms with E-state index >= 15 is 0 Å². The smallest absolute Gasteiger partial charge is 0.254 e. The van der Waals surface area contributed by atoms with Crippen molar-refractivity contribution in [2.75, 3.05) is 33.5 Å². The summed E-state index contributed by atoms with van der Waals surface area (Å²) in [5.41, 5.74) is 4.95. The number of hydrogen-bond donors (Lipinski definition) is 5. The predicted molar refractivity (Wildman–Crippen MR) is 201 cm³/mol. The number of carbonyl (C=O) groups is 4. The van der Waals surface area contributed by atoms with Crippen molar-refractivity contribution in [3.8, 4) is 11.4 Å². The van der Waals surface area contributed by atoms with E-state index in [2.05, 4.69) is 21.3 Å². The number of rotatable bonds is 19. The summed E-state index contributed by atoms with van der Waals surface area (Å²) in [7, 11) is 1.63. The highest BCUT2D eigenvalue weighted by Crippen LogP contribution is 2.38. The van der Waals surface area contributed by atoms with Gasteiger partial charge in [0.05, 0.1) is 36.5 Å². The average Bonchev–Trinajstić information content (AvgIpc) is 3.53. The first-order valence-electron chi connectivity index (χ1n) is 18.2. The zero-order valence-electron chi connectivity index (χ0n) is 30.8. The highest BCUT2D eigenvalue weighted by atomic mass is 19.1. The van der Waals surface area contributed by atoms with E-state index in [-0.39, 0.29) is 49.8 Å². The Balaban J connectivity index is 1.18. The number of aliphatic hydroxyl groups is 1. The normalized spacial score (nSPS) is 12.8. The van der Waals surface area contributed by atoms with Crippen molar-refractivity contribution in [2.45, 2.75) is 71.1 Å². The van der Waals surface area contributed by atoms with Crippen LogP contribution in [0, 0.1) is 12.7 Å². The topological polar surface area (TPSA) is 181 Å². The van der Waals surface area contributed by atoms with Crippen LogP contribution in [0.1, 0.15) is 65.7 Å². The van der Waals surface area contributed by atoms with E-state index in [0.717, 1.165) is 22.1 Å². The molecule has 2 atom stereocenters. The highest BCUT2D eigenvalue weighted by molar-refractivity contribution is 5.91. The molecule has 0 bridgehead atoms. The maximum absolute atomic E-state index is 14.8. The van der Waals surface area contributed by atoms with Crippen molar-refractivity contribution in [3.05, 3.63) is 98.1 Å². The van der Waals surface area contributed by atoms with E-state index in [4.69, 9.17) is 9.72 Å². The molecule has 1 aliphatic rings. The Kier molecular flexibility index (Phi) is 13.8. The molecule has 0 fully saturated rings. The number of aryl methyl sites for hydroxylation is 2. The zero-order chi connectivity index (χ0) is 38.8. The molecule has 0 saturated carbocycles. The van der Waals surface area contributed by atoms with Gasteiger partial charge in [0.1, 0.15) is 24.7 Å². The standard InChI is InChI=1S/C40H47FN6O7/c1-4-10-27-29(35(49)22-48)17-34-38-30(21-47(34)40(27)53)26(28-15-24(2)31(41)18-32(28)46-38)13-8-9-14-54-23-44-36(50)20-43-39(52)33(45-37(51)19-42-3)16-25-11-6-5-7-12-25/h5-7,11-12,15,17-18,22,33,35,42,49H,4,8-10,13-14,16,19-21,23H2,1-3H3,(H,43,52)(H,44,50)(H,45,51)/t33-,35?/m0/s1. The second kappa shape index (κ2) is 18.6. The second-order valence-corrected chi connectivity index (χ2v) is 13.4. The molecule has 13 nitrogen and oxygen atoms in total. The Morgan fingerprint density at radius 2 is 1.81 bits per heavy atom. The van der Waals surface area contributed by atoms with Gasteiger partial charge in [0.25, 0.3) is 5.56 Å². The summed E-state index contributed by atoms with van der Waals surface area (Å²) in [5.74, 6) is -1.68. The van der Waals surface area contributed by atoms with Crippen molar-refractivity contribution >= 4 is 34.9 Å². The SMILES string of the molecule is CCCc1c(C(O)C=O)cc2n(c1=O)Cc1c-2nc2cc(F)c(C)cc2c1CCCCOCNC(=O)CNC(=O)[C@H](Cc1ccccc1)NC(=O)CNC. The number of benzene rings is 2. The molecule has 4 aromatic rings. The summed E-state index contributed by atoms with van der Waals surface area (Å²) >= 11 is 0. The molecule has 1 aliphatic heterocycles. The van der Waals surface area contributed by atoms with Gasteiger partial charge in [0.2, 0.25) is 17.7 Å². The number of aromatic nitrogens is 2. The van der Waals surface area contributed by atoms with Crippen LogP contribution in [0.15, 0.2) is 53.3 Å². The molecule has 0 saturated heterocycles. The van der Waals surface area contributed by atoms with Crippen molar-refractivity contribution in [1.82, 2.24) is 30.8 Å². The summed E-state index contributed by atoms with van der Waals surface area (Å²) in [4.78, 5) is 67.6. The third kappa shape index (κ3) is 9.43. The molecule has 14 heteroatoms. The number of halogens is 1. The van der Waals surface area contributed by atoms with Gasteiger partial charge in [-0.2, -0.15) is 0 Å². The molecule has 3 amide bonds. The van der Waals surface area contributed by atoms with E-state index in [1.807, 2.05) is 37.3 Å². The number of aldehydes is 1. The molecule has 5 N–H and O–H groups in total. The molecule has 2 aromatic carbocycles. The maximum Gasteiger partial charge on any atom is 0.254 e. The number of unbranched alkanes of at least 4 members (excludes halogenated alkanes) is 1. The van der Waals surface area contributed by atoms with Crippen LogP contribution in [0.2, 0.25) is 0 Å². The van der Waals surface area contributed by atoms with Crippen LogP contribution in [0.4, 0.5) is 4.39 Å². The van der Waals surface area contributed by atoms with Gasteiger partial charge in [-0.1, -0.05) is 43.7 Å². The van der Waals surface area contributed by atoms with Crippen LogP contribution >= 0.6 is 0 Å². The number of fused-ring (bicyclic) bond motifs is 4. The molecule has 286 valence electrons. The third-order valence-corrected chi connectivity index (χ3v) is 9.46. The van der Waals surface area contributed by atoms with E-state index < -0.39 is 29.8 Å². The summed E-state index contributed by atoms with van der Waals surface area (Å²) in [6, 6.07) is 13.2. The lowest BCUT2D eigenvalue weighted by molar-refractivity contribution is -0.130. The number of hydrogen-bond acceptors (Lipinski definition) is 9. The van der Waals surface area contributed by atoms with Crippen molar-refractivity contribution in [1.29, 1.82) is 0 Å². The van der Waals surface area contributed by atoms with Crippen LogP contribution in [-0.4, -0.2) is 78.2 Å². The number of nitrogens with one attached hydrogen (secondary N) is 4. The van der Waals surface area contributed by atoms with Gasteiger partial charge in [-0.15, -0.1) is 0 Å². The fourth-order valence-corrected chi connectivity index (χ4v) is 6.75. The van der Waals surface area contributed by atoms with Crippen molar-refractivity contribution in [3.63, 3.8) is 0 Å². The monoisotopic (exact) mass is 742 g/mol. The molecule has 0 aliphatic carbocycles. The van der Waals surface area contributed by atoms with Gasteiger partial charge < -0.3 is 40.5 Å². The Labute approximate surface area is 312 Å². The highest BCUT2D eigenvalue weighted by Gasteiger charge is 2.29. The molecule has 3 heterocycles. The summed E-state index contributed by atoms with van der Waals surface area (Å²) in [5, 5.41) is 21.9. The fourth-order valence-electron chi connectivity index (χ4n) is 6.75. The second-order valence-electron chi connectivity index (χ2n) is 13.4.